The van der Waals surface area contributed by atoms with E-state index in [-0.39, 0.29) is 6.04 Å². The first-order chi connectivity index (χ1) is 10.2. The third kappa shape index (κ3) is 3.23. The van der Waals surface area contributed by atoms with E-state index in [1.807, 2.05) is 29.8 Å². The Morgan fingerprint density at radius 1 is 1.19 bits per heavy atom. The summed E-state index contributed by atoms with van der Waals surface area (Å²) in [5, 5.41) is 3.47. The summed E-state index contributed by atoms with van der Waals surface area (Å²) >= 11 is 0. The second-order valence-corrected chi connectivity index (χ2v) is 5.19. The van der Waals surface area contributed by atoms with Crippen LogP contribution < -0.4 is 5.32 Å². The lowest BCUT2D eigenvalue weighted by Gasteiger charge is -2.12. The molecule has 0 saturated carbocycles. The molecule has 0 spiro atoms. The summed E-state index contributed by atoms with van der Waals surface area (Å²) in [5.41, 5.74) is 2.36. The molecule has 3 aromatic rings. The van der Waals surface area contributed by atoms with Crippen LogP contribution in [-0.2, 0) is 6.54 Å². The normalized spacial score (nSPS) is 12.5. The minimum absolute atomic E-state index is 0.201. The van der Waals surface area contributed by atoms with Gasteiger partial charge in [0.2, 0.25) is 0 Å². The smallest absolute Gasteiger partial charge is 0.120 e. The Hall–Kier alpha value is -2.33. The Morgan fingerprint density at radius 2 is 2.00 bits per heavy atom. The van der Waals surface area contributed by atoms with Crippen molar-refractivity contribution >= 4 is 0 Å². The highest BCUT2D eigenvalue weighted by atomic mass is 16.3. The molecule has 2 aromatic heterocycles. The topological polar surface area (TPSA) is 43.0 Å². The lowest BCUT2D eigenvalue weighted by molar-refractivity contribution is 0.416. The van der Waals surface area contributed by atoms with Gasteiger partial charge in [0.1, 0.15) is 11.5 Å². The van der Waals surface area contributed by atoms with Gasteiger partial charge in [0.05, 0.1) is 12.4 Å². The van der Waals surface area contributed by atoms with Crippen molar-refractivity contribution in [3.8, 4) is 5.69 Å². The van der Waals surface area contributed by atoms with Gasteiger partial charge in [-0.25, -0.2) is 4.98 Å². The Balaban J connectivity index is 1.61. The SMILES string of the molecule is Cc1ccc([C@@H](C)NCc2ccc(-n3ccnc3)cc2)o1. The Bertz CT molecular complexity index is 683. The van der Waals surface area contributed by atoms with Crippen molar-refractivity contribution in [3.63, 3.8) is 0 Å². The number of aryl methyl sites for hydroxylation is 1. The first-order valence-corrected chi connectivity index (χ1v) is 7.09. The number of nitrogens with zero attached hydrogens (tertiary/aromatic N) is 2. The van der Waals surface area contributed by atoms with Gasteiger partial charge in [-0.3, -0.25) is 0 Å². The second kappa shape index (κ2) is 5.97. The maximum atomic E-state index is 5.63. The monoisotopic (exact) mass is 281 g/mol. The molecule has 1 aromatic carbocycles. The number of furan rings is 1. The Kier molecular flexibility index (Phi) is 3.88. The summed E-state index contributed by atoms with van der Waals surface area (Å²) in [6, 6.07) is 12.7. The number of hydrogen-bond donors (Lipinski definition) is 1. The van der Waals surface area contributed by atoms with Crippen LogP contribution in [0.25, 0.3) is 5.69 Å². The van der Waals surface area contributed by atoms with Crippen molar-refractivity contribution in [2.75, 3.05) is 0 Å². The Morgan fingerprint density at radius 3 is 2.62 bits per heavy atom. The third-order valence-corrected chi connectivity index (χ3v) is 3.54. The van der Waals surface area contributed by atoms with Crippen LogP contribution in [0.5, 0.6) is 0 Å². The lowest BCUT2D eigenvalue weighted by Crippen LogP contribution is -2.17. The molecule has 0 saturated heterocycles. The molecule has 1 atom stereocenters. The van der Waals surface area contributed by atoms with Gasteiger partial charge in [-0.15, -0.1) is 0 Å². The molecule has 3 rings (SSSR count). The fourth-order valence-corrected chi connectivity index (χ4v) is 2.26. The number of aromatic nitrogens is 2. The van der Waals surface area contributed by atoms with Crippen molar-refractivity contribution in [2.24, 2.45) is 0 Å². The zero-order valence-electron chi connectivity index (χ0n) is 12.3. The van der Waals surface area contributed by atoms with Gasteiger partial charge in [-0.05, 0) is 43.7 Å². The molecule has 0 aliphatic rings. The predicted octanol–water partition coefficient (Wildman–Crippen LogP) is 3.62. The quantitative estimate of drug-likeness (QED) is 0.776. The summed E-state index contributed by atoms with van der Waals surface area (Å²) in [7, 11) is 0. The van der Waals surface area contributed by atoms with E-state index in [1.165, 1.54) is 5.56 Å². The molecule has 0 aliphatic heterocycles. The number of benzene rings is 1. The van der Waals surface area contributed by atoms with Gasteiger partial charge in [-0.1, -0.05) is 12.1 Å². The average Bonchev–Trinajstić information content (AvgIpc) is 3.16. The fourth-order valence-electron chi connectivity index (χ4n) is 2.26. The first-order valence-electron chi connectivity index (χ1n) is 7.09. The minimum atomic E-state index is 0.201. The first kappa shape index (κ1) is 13.6. The molecular weight excluding hydrogens is 262 g/mol. The molecule has 0 fully saturated rings. The summed E-state index contributed by atoms with van der Waals surface area (Å²) in [5.74, 6) is 1.92. The maximum Gasteiger partial charge on any atom is 0.120 e. The van der Waals surface area contributed by atoms with Crippen LogP contribution in [0, 0.1) is 6.92 Å². The van der Waals surface area contributed by atoms with Gasteiger partial charge in [-0.2, -0.15) is 0 Å². The Labute approximate surface area is 124 Å². The maximum absolute atomic E-state index is 5.63. The summed E-state index contributed by atoms with van der Waals surface area (Å²) in [6.07, 6.45) is 5.52. The molecule has 4 heteroatoms. The number of hydrogen-bond acceptors (Lipinski definition) is 3. The molecule has 0 unspecified atom stereocenters. The molecule has 0 amide bonds. The van der Waals surface area contributed by atoms with E-state index in [4.69, 9.17) is 4.42 Å². The van der Waals surface area contributed by atoms with Crippen molar-refractivity contribution in [3.05, 3.63) is 72.2 Å². The van der Waals surface area contributed by atoms with Crippen molar-refractivity contribution in [1.82, 2.24) is 14.9 Å². The van der Waals surface area contributed by atoms with Crippen LogP contribution in [0.2, 0.25) is 0 Å². The molecule has 1 N–H and O–H groups in total. The molecule has 0 bridgehead atoms. The highest BCUT2D eigenvalue weighted by molar-refractivity contribution is 5.34. The number of nitrogens with one attached hydrogen (secondary N) is 1. The highest BCUT2D eigenvalue weighted by Crippen LogP contribution is 2.16. The molecule has 4 nitrogen and oxygen atoms in total. The van der Waals surface area contributed by atoms with E-state index in [9.17, 15) is 0 Å². The van der Waals surface area contributed by atoms with Crippen LogP contribution in [0.4, 0.5) is 0 Å². The zero-order valence-corrected chi connectivity index (χ0v) is 12.3. The largest absolute Gasteiger partial charge is 0.465 e. The predicted molar refractivity (Wildman–Crippen MR) is 82.3 cm³/mol. The van der Waals surface area contributed by atoms with E-state index in [1.54, 1.807) is 12.5 Å². The van der Waals surface area contributed by atoms with Crippen molar-refractivity contribution < 1.29 is 4.42 Å². The molecule has 2 heterocycles. The van der Waals surface area contributed by atoms with Crippen molar-refractivity contribution in [2.45, 2.75) is 26.4 Å². The number of rotatable bonds is 5. The summed E-state index contributed by atoms with van der Waals surface area (Å²) < 4.78 is 7.62. The van der Waals surface area contributed by atoms with Crippen LogP contribution in [-0.4, -0.2) is 9.55 Å². The van der Waals surface area contributed by atoms with Crippen molar-refractivity contribution in [1.29, 1.82) is 0 Å². The lowest BCUT2D eigenvalue weighted by atomic mass is 10.2. The molecule has 21 heavy (non-hydrogen) atoms. The van der Waals surface area contributed by atoms with E-state index >= 15 is 0 Å². The minimum Gasteiger partial charge on any atom is -0.465 e. The van der Waals surface area contributed by atoms with Gasteiger partial charge >= 0.3 is 0 Å². The van der Waals surface area contributed by atoms with Gasteiger partial charge < -0.3 is 14.3 Å². The molecule has 108 valence electrons. The van der Waals surface area contributed by atoms with Gasteiger partial charge in [0, 0.05) is 24.6 Å². The average molecular weight is 281 g/mol. The van der Waals surface area contributed by atoms with E-state index in [0.29, 0.717) is 0 Å². The van der Waals surface area contributed by atoms with Gasteiger partial charge in [0.25, 0.3) is 0 Å². The molecular formula is C17H19N3O. The van der Waals surface area contributed by atoms with Crippen LogP contribution in [0.3, 0.4) is 0 Å². The van der Waals surface area contributed by atoms with Crippen LogP contribution >= 0.6 is 0 Å². The van der Waals surface area contributed by atoms with E-state index in [2.05, 4.69) is 41.5 Å². The van der Waals surface area contributed by atoms with Gasteiger partial charge in [0.15, 0.2) is 0 Å². The fraction of sp³-hybridized carbons (Fsp3) is 0.235. The number of imidazole rings is 1. The standard InChI is InChI=1S/C17H19N3O/c1-13-3-8-17(21-13)14(2)19-11-15-4-6-16(7-5-15)20-10-9-18-12-20/h3-10,12,14,19H,11H2,1-2H3/t14-/m1/s1. The van der Waals surface area contributed by atoms with E-state index in [0.717, 1.165) is 23.8 Å². The van der Waals surface area contributed by atoms with Crippen LogP contribution in [0.1, 0.15) is 30.0 Å². The third-order valence-electron chi connectivity index (χ3n) is 3.54. The van der Waals surface area contributed by atoms with E-state index < -0.39 is 0 Å². The highest BCUT2D eigenvalue weighted by Gasteiger charge is 2.08. The van der Waals surface area contributed by atoms with Crippen LogP contribution in [0.15, 0.2) is 59.5 Å². The summed E-state index contributed by atoms with van der Waals surface area (Å²) in [4.78, 5) is 4.06. The zero-order chi connectivity index (χ0) is 14.7. The molecule has 0 aliphatic carbocycles. The second-order valence-electron chi connectivity index (χ2n) is 5.19. The summed E-state index contributed by atoms with van der Waals surface area (Å²) in [6.45, 7) is 4.88. The molecule has 0 radical (unpaired) electrons.